The number of aliphatic hydroxyl groups excluding tert-OH is 1. The first-order chi connectivity index (χ1) is 6.65. The number of hydrogen-bond donors (Lipinski definition) is 1. The van der Waals surface area contributed by atoms with E-state index in [2.05, 4.69) is 26.8 Å². The molecular weight excluding hydrogens is 192 g/mol. The summed E-state index contributed by atoms with van der Waals surface area (Å²) in [5.74, 6) is 0. The van der Waals surface area contributed by atoms with Crippen LogP contribution < -0.4 is 0 Å². The maximum atomic E-state index is 9.95. The quantitative estimate of drug-likeness (QED) is 0.732. The lowest BCUT2D eigenvalue weighted by molar-refractivity contribution is 0.166. The third-order valence-electron chi connectivity index (χ3n) is 2.46. The van der Waals surface area contributed by atoms with Gasteiger partial charge in [0, 0.05) is 9.75 Å². The third kappa shape index (κ3) is 3.10. The second-order valence-electron chi connectivity index (χ2n) is 3.92. The highest BCUT2D eigenvalue weighted by atomic mass is 32.1. The Bertz CT molecular complexity index is 278. The van der Waals surface area contributed by atoms with E-state index in [1.54, 1.807) is 11.3 Å². The normalized spacial score (nSPS) is 13.1. The topological polar surface area (TPSA) is 20.2 Å². The number of thiophene rings is 1. The van der Waals surface area contributed by atoms with Gasteiger partial charge in [0.25, 0.3) is 0 Å². The monoisotopic (exact) mass is 212 g/mol. The zero-order chi connectivity index (χ0) is 10.6. The van der Waals surface area contributed by atoms with Crippen LogP contribution >= 0.6 is 11.3 Å². The number of aryl methyl sites for hydroxylation is 2. The van der Waals surface area contributed by atoms with Crippen LogP contribution in [-0.2, 0) is 0 Å². The van der Waals surface area contributed by atoms with Gasteiger partial charge in [-0.2, -0.15) is 0 Å². The molecule has 1 unspecified atom stereocenters. The molecule has 0 fully saturated rings. The van der Waals surface area contributed by atoms with E-state index in [4.69, 9.17) is 0 Å². The maximum Gasteiger partial charge on any atom is 0.0884 e. The molecular formula is C12H20OS. The lowest BCUT2D eigenvalue weighted by atomic mass is 10.1. The molecule has 0 radical (unpaired) electrons. The fraction of sp³-hybridized carbons (Fsp3) is 0.667. The van der Waals surface area contributed by atoms with Gasteiger partial charge < -0.3 is 5.11 Å². The predicted molar refractivity (Wildman–Crippen MR) is 62.9 cm³/mol. The van der Waals surface area contributed by atoms with Crippen LogP contribution in [0.5, 0.6) is 0 Å². The van der Waals surface area contributed by atoms with E-state index in [0.717, 1.165) is 12.8 Å². The third-order valence-corrected chi connectivity index (χ3v) is 3.72. The molecule has 1 heterocycles. The van der Waals surface area contributed by atoms with Crippen LogP contribution in [0, 0.1) is 13.8 Å². The van der Waals surface area contributed by atoms with Crippen molar-refractivity contribution in [3.8, 4) is 0 Å². The highest BCUT2D eigenvalue weighted by Gasteiger charge is 2.12. The number of hydrogen-bond acceptors (Lipinski definition) is 2. The molecule has 2 heteroatoms. The molecule has 0 saturated heterocycles. The van der Waals surface area contributed by atoms with Crippen LogP contribution in [0.1, 0.15) is 54.0 Å². The zero-order valence-electron chi connectivity index (χ0n) is 9.34. The minimum Gasteiger partial charge on any atom is -0.388 e. The second-order valence-corrected chi connectivity index (χ2v) is 5.20. The van der Waals surface area contributed by atoms with E-state index < -0.39 is 0 Å². The van der Waals surface area contributed by atoms with Gasteiger partial charge in [0.15, 0.2) is 0 Å². The average Bonchev–Trinajstić information content (AvgIpc) is 2.45. The van der Waals surface area contributed by atoms with Crippen LogP contribution in [0.2, 0.25) is 0 Å². The first-order valence-electron chi connectivity index (χ1n) is 5.40. The summed E-state index contributed by atoms with van der Waals surface area (Å²) in [5.41, 5.74) is 1.25. The summed E-state index contributed by atoms with van der Waals surface area (Å²) in [5, 5.41) is 9.95. The minimum atomic E-state index is -0.236. The largest absolute Gasteiger partial charge is 0.388 e. The highest BCUT2D eigenvalue weighted by molar-refractivity contribution is 7.12. The smallest absolute Gasteiger partial charge is 0.0884 e. The second kappa shape index (κ2) is 5.52. The fourth-order valence-electron chi connectivity index (χ4n) is 1.71. The lowest BCUT2D eigenvalue weighted by Crippen LogP contribution is -1.96. The standard InChI is InChI=1S/C12H20OS/c1-4-5-6-7-11(13)12-9(2)8-10(3)14-12/h8,11,13H,4-7H2,1-3H3. The number of aliphatic hydroxyl groups is 1. The summed E-state index contributed by atoms with van der Waals surface area (Å²) in [6.45, 7) is 6.37. The van der Waals surface area contributed by atoms with Crippen molar-refractivity contribution in [2.75, 3.05) is 0 Å². The van der Waals surface area contributed by atoms with E-state index in [1.807, 2.05) is 0 Å². The SMILES string of the molecule is CCCCCC(O)c1sc(C)cc1C. The van der Waals surface area contributed by atoms with Gasteiger partial charge in [0.1, 0.15) is 0 Å². The molecule has 0 aliphatic carbocycles. The van der Waals surface area contributed by atoms with Crippen molar-refractivity contribution in [3.63, 3.8) is 0 Å². The molecule has 0 spiro atoms. The summed E-state index contributed by atoms with van der Waals surface area (Å²) in [6.07, 6.45) is 4.25. The van der Waals surface area contributed by atoms with Crippen LogP contribution in [0.3, 0.4) is 0 Å². The molecule has 0 aromatic carbocycles. The van der Waals surface area contributed by atoms with Crippen LogP contribution in [0.15, 0.2) is 6.07 Å². The van der Waals surface area contributed by atoms with Crippen LogP contribution in [0.25, 0.3) is 0 Å². The Kier molecular flexibility index (Phi) is 4.63. The Morgan fingerprint density at radius 2 is 2.07 bits per heavy atom. The van der Waals surface area contributed by atoms with Crippen molar-refractivity contribution in [1.29, 1.82) is 0 Å². The van der Waals surface area contributed by atoms with E-state index in [0.29, 0.717) is 0 Å². The Labute approximate surface area is 90.8 Å². The molecule has 1 atom stereocenters. The van der Waals surface area contributed by atoms with Gasteiger partial charge in [-0.05, 0) is 31.9 Å². The van der Waals surface area contributed by atoms with Gasteiger partial charge in [-0.1, -0.05) is 26.2 Å². The Morgan fingerprint density at radius 1 is 1.36 bits per heavy atom. The molecule has 1 rings (SSSR count). The van der Waals surface area contributed by atoms with Crippen molar-refractivity contribution < 1.29 is 5.11 Å². The molecule has 80 valence electrons. The summed E-state index contributed by atoms with van der Waals surface area (Å²) >= 11 is 1.73. The first-order valence-corrected chi connectivity index (χ1v) is 6.21. The van der Waals surface area contributed by atoms with E-state index >= 15 is 0 Å². The fourth-order valence-corrected chi connectivity index (χ4v) is 2.77. The lowest BCUT2D eigenvalue weighted by Gasteiger charge is -2.09. The van der Waals surface area contributed by atoms with Crippen molar-refractivity contribution in [1.82, 2.24) is 0 Å². The van der Waals surface area contributed by atoms with Crippen LogP contribution in [0.4, 0.5) is 0 Å². The Morgan fingerprint density at radius 3 is 2.57 bits per heavy atom. The molecule has 1 aromatic heterocycles. The molecule has 1 N–H and O–H groups in total. The Hall–Kier alpha value is -0.340. The highest BCUT2D eigenvalue weighted by Crippen LogP contribution is 2.30. The van der Waals surface area contributed by atoms with Gasteiger partial charge in [-0.15, -0.1) is 11.3 Å². The van der Waals surface area contributed by atoms with Gasteiger partial charge >= 0.3 is 0 Å². The zero-order valence-corrected chi connectivity index (χ0v) is 10.2. The first kappa shape index (κ1) is 11.7. The summed E-state index contributed by atoms with van der Waals surface area (Å²) in [7, 11) is 0. The maximum absolute atomic E-state index is 9.95. The molecule has 0 aliphatic rings. The molecule has 1 nitrogen and oxygen atoms in total. The van der Waals surface area contributed by atoms with E-state index in [1.165, 1.54) is 28.2 Å². The van der Waals surface area contributed by atoms with Gasteiger partial charge in [0.05, 0.1) is 6.10 Å². The average molecular weight is 212 g/mol. The van der Waals surface area contributed by atoms with E-state index in [-0.39, 0.29) is 6.10 Å². The van der Waals surface area contributed by atoms with Gasteiger partial charge in [0.2, 0.25) is 0 Å². The summed E-state index contributed by atoms with van der Waals surface area (Å²) in [6, 6.07) is 2.16. The molecule has 0 bridgehead atoms. The number of rotatable bonds is 5. The van der Waals surface area contributed by atoms with Crippen molar-refractivity contribution in [2.45, 2.75) is 52.6 Å². The minimum absolute atomic E-state index is 0.236. The van der Waals surface area contributed by atoms with Gasteiger partial charge in [-0.25, -0.2) is 0 Å². The molecule has 0 aliphatic heterocycles. The Balaban J connectivity index is 2.51. The molecule has 0 amide bonds. The molecule has 14 heavy (non-hydrogen) atoms. The molecule has 0 saturated carbocycles. The predicted octanol–water partition coefficient (Wildman–Crippen LogP) is 3.98. The van der Waals surface area contributed by atoms with Crippen molar-refractivity contribution >= 4 is 11.3 Å². The summed E-state index contributed by atoms with van der Waals surface area (Å²) in [4.78, 5) is 2.46. The number of unbranched alkanes of at least 4 members (excludes halogenated alkanes) is 2. The van der Waals surface area contributed by atoms with Crippen LogP contribution in [-0.4, -0.2) is 5.11 Å². The van der Waals surface area contributed by atoms with Gasteiger partial charge in [-0.3, -0.25) is 0 Å². The molecule has 1 aromatic rings. The van der Waals surface area contributed by atoms with E-state index in [9.17, 15) is 5.11 Å². The van der Waals surface area contributed by atoms with Crippen molar-refractivity contribution in [2.24, 2.45) is 0 Å². The summed E-state index contributed by atoms with van der Waals surface area (Å²) < 4.78 is 0. The van der Waals surface area contributed by atoms with Crippen molar-refractivity contribution in [3.05, 3.63) is 21.4 Å².